The number of aliphatic imine (C=N–C) groups is 1. The van der Waals surface area contributed by atoms with Crippen molar-refractivity contribution in [2.45, 2.75) is 19.6 Å². The molecule has 8 heteroatoms. The molecule has 0 saturated carbocycles. The van der Waals surface area contributed by atoms with Gasteiger partial charge in [0.15, 0.2) is 17.5 Å². The summed E-state index contributed by atoms with van der Waals surface area (Å²) in [5, 5.41) is 6.50. The van der Waals surface area contributed by atoms with E-state index in [-0.39, 0.29) is 41.6 Å². The second-order valence-electron chi connectivity index (χ2n) is 6.26. The Morgan fingerprint density at radius 3 is 2.66 bits per heavy atom. The van der Waals surface area contributed by atoms with Gasteiger partial charge in [0.2, 0.25) is 0 Å². The van der Waals surface area contributed by atoms with E-state index in [1.165, 1.54) is 6.07 Å². The first kappa shape index (κ1) is 22.7. The van der Waals surface area contributed by atoms with Gasteiger partial charge in [-0.05, 0) is 30.7 Å². The zero-order valence-electron chi connectivity index (χ0n) is 16.4. The van der Waals surface area contributed by atoms with Gasteiger partial charge in [-0.3, -0.25) is 4.99 Å². The topological polar surface area (TPSA) is 63.5 Å². The van der Waals surface area contributed by atoms with Crippen LogP contribution in [0.25, 0.3) is 5.69 Å². The summed E-state index contributed by atoms with van der Waals surface area (Å²) in [6, 6.07) is 14.5. The Labute approximate surface area is 187 Å². The molecule has 1 heterocycles. The van der Waals surface area contributed by atoms with E-state index in [1.54, 1.807) is 37.8 Å². The molecule has 0 bridgehead atoms. The predicted octanol–water partition coefficient (Wildman–Crippen LogP) is 3.76. The third kappa shape index (κ3) is 6.45. The number of ether oxygens (including phenoxy) is 1. The van der Waals surface area contributed by atoms with Gasteiger partial charge in [-0.15, -0.1) is 24.0 Å². The number of guanidine groups is 1. The van der Waals surface area contributed by atoms with E-state index in [0.29, 0.717) is 19.0 Å². The van der Waals surface area contributed by atoms with E-state index in [2.05, 4.69) is 26.7 Å². The smallest absolute Gasteiger partial charge is 0.191 e. The number of benzene rings is 2. The fraction of sp³-hybridized carbons (Fsp3) is 0.238. The van der Waals surface area contributed by atoms with E-state index in [1.807, 2.05) is 35.9 Å². The molecule has 3 rings (SSSR count). The zero-order valence-corrected chi connectivity index (χ0v) is 18.7. The first-order chi connectivity index (χ1) is 13.7. The molecule has 6 nitrogen and oxygen atoms in total. The molecule has 0 aliphatic heterocycles. The molecule has 1 atom stereocenters. The van der Waals surface area contributed by atoms with E-state index in [4.69, 9.17) is 4.74 Å². The monoisotopic (exact) mass is 509 g/mol. The number of imidazole rings is 1. The van der Waals surface area contributed by atoms with Crippen LogP contribution in [0.4, 0.5) is 4.39 Å². The summed E-state index contributed by atoms with van der Waals surface area (Å²) in [7, 11) is 1.71. The molecule has 0 radical (unpaired) electrons. The molecular formula is C21H25FIN5O. The summed E-state index contributed by atoms with van der Waals surface area (Å²) < 4.78 is 21.3. The highest BCUT2D eigenvalue weighted by Gasteiger charge is 2.09. The summed E-state index contributed by atoms with van der Waals surface area (Å²) in [6.45, 7) is 2.95. The van der Waals surface area contributed by atoms with Crippen molar-refractivity contribution in [3.05, 3.63) is 78.6 Å². The number of hydrogen-bond acceptors (Lipinski definition) is 3. The van der Waals surface area contributed by atoms with Crippen molar-refractivity contribution in [1.82, 2.24) is 20.2 Å². The van der Waals surface area contributed by atoms with Crippen LogP contribution in [0.3, 0.4) is 0 Å². The highest BCUT2D eigenvalue weighted by molar-refractivity contribution is 14.0. The van der Waals surface area contributed by atoms with E-state index < -0.39 is 0 Å². The van der Waals surface area contributed by atoms with Crippen LogP contribution in [0, 0.1) is 5.82 Å². The van der Waals surface area contributed by atoms with Crippen LogP contribution in [0.1, 0.15) is 12.5 Å². The summed E-state index contributed by atoms with van der Waals surface area (Å²) in [5.41, 5.74) is 2.17. The number of aromatic nitrogens is 2. The molecule has 154 valence electrons. The number of rotatable bonds is 7. The van der Waals surface area contributed by atoms with E-state index in [0.717, 1.165) is 11.3 Å². The van der Waals surface area contributed by atoms with Crippen LogP contribution in [0.15, 0.2) is 72.2 Å². The summed E-state index contributed by atoms with van der Waals surface area (Å²) in [4.78, 5) is 8.34. The lowest BCUT2D eigenvalue weighted by atomic mass is 10.1. The van der Waals surface area contributed by atoms with Crippen LogP contribution in [0.2, 0.25) is 0 Å². The van der Waals surface area contributed by atoms with Gasteiger partial charge in [-0.2, -0.15) is 0 Å². The van der Waals surface area contributed by atoms with Crippen LogP contribution < -0.4 is 15.4 Å². The largest absolute Gasteiger partial charge is 0.486 e. The maximum atomic E-state index is 13.7. The van der Waals surface area contributed by atoms with Gasteiger partial charge in [0.1, 0.15) is 6.10 Å². The first-order valence-electron chi connectivity index (χ1n) is 9.09. The molecule has 0 saturated heterocycles. The molecule has 0 aliphatic rings. The molecule has 2 N–H and O–H groups in total. The Bertz CT molecular complexity index is 917. The Balaban J connectivity index is 0.00000300. The van der Waals surface area contributed by atoms with Crippen molar-refractivity contribution >= 4 is 29.9 Å². The molecule has 0 spiro atoms. The van der Waals surface area contributed by atoms with Gasteiger partial charge in [0.25, 0.3) is 0 Å². The number of halogens is 2. The number of nitrogens with one attached hydrogen (secondary N) is 2. The second-order valence-corrected chi connectivity index (χ2v) is 6.26. The fourth-order valence-corrected chi connectivity index (χ4v) is 2.75. The highest BCUT2D eigenvalue weighted by Crippen LogP contribution is 2.17. The van der Waals surface area contributed by atoms with Gasteiger partial charge in [-0.25, -0.2) is 9.37 Å². The highest BCUT2D eigenvalue weighted by atomic mass is 127. The Morgan fingerprint density at radius 2 is 1.93 bits per heavy atom. The minimum absolute atomic E-state index is 0. The minimum atomic E-state index is -0.368. The quantitative estimate of drug-likeness (QED) is 0.289. The SMILES string of the molecule is CN=C(NCc1ccccc1-n1ccnc1)NCC(C)Oc1ccccc1F.I. The third-order valence-corrected chi connectivity index (χ3v) is 4.17. The van der Waals surface area contributed by atoms with Crippen molar-refractivity contribution in [2.24, 2.45) is 4.99 Å². The van der Waals surface area contributed by atoms with Crippen LogP contribution >= 0.6 is 24.0 Å². The van der Waals surface area contributed by atoms with Gasteiger partial charge < -0.3 is 19.9 Å². The molecule has 2 aromatic carbocycles. The van der Waals surface area contributed by atoms with E-state index in [9.17, 15) is 4.39 Å². The molecule has 0 amide bonds. The standard InChI is InChI=1S/C21H24FN5O.HI/c1-16(28-20-10-6-4-8-18(20)22)13-25-21(23-2)26-14-17-7-3-5-9-19(17)27-12-11-24-15-27;/h3-12,15-16H,13-14H2,1-2H3,(H2,23,25,26);1H. The maximum absolute atomic E-state index is 13.7. The van der Waals surface area contributed by atoms with Crippen molar-refractivity contribution in [2.75, 3.05) is 13.6 Å². The van der Waals surface area contributed by atoms with Gasteiger partial charge >= 0.3 is 0 Å². The van der Waals surface area contributed by atoms with Crippen LogP contribution in [0.5, 0.6) is 5.75 Å². The van der Waals surface area contributed by atoms with Crippen LogP contribution in [-0.2, 0) is 6.54 Å². The van der Waals surface area contributed by atoms with Crippen molar-refractivity contribution in [3.8, 4) is 11.4 Å². The normalized spacial score (nSPS) is 12.0. The predicted molar refractivity (Wildman–Crippen MR) is 124 cm³/mol. The Kier molecular flexibility index (Phi) is 8.91. The van der Waals surface area contributed by atoms with E-state index >= 15 is 0 Å². The van der Waals surface area contributed by atoms with Crippen molar-refractivity contribution < 1.29 is 9.13 Å². The van der Waals surface area contributed by atoms with Crippen molar-refractivity contribution in [3.63, 3.8) is 0 Å². The summed E-state index contributed by atoms with van der Waals surface area (Å²) in [6.07, 6.45) is 5.21. The molecule has 1 aromatic heterocycles. The lowest BCUT2D eigenvalue weighted by Gasteiger charge is -2.18. The Hall–Kier alpha value is -2.62. The zero-order chi connectivity index (χ0) is 19.8. The summed E-state index contributed by atoms with van der Waals surface area (Å²) in [5.74, 6) is 0.520. The van der Waals surface area contributed by atoms with Gasteiger partial charge in [-0.1, -0.05) is 30.3 Å². The molecule has 0 fully saturated rings. The average Bonchev–Trinajstić information content (AvgIpc) is 3.25. The third-order valence-electron chi connectivity index (χ3n) is 4.17. The Morgan fingerprint density at radius 1 is 1.17 bits per heavy atom. The summed E-state index contributed by atoms with van der Waals surface area (Å²) >= 11 is 0. The first-order valence-corrected chi connectivity index (χ1v) is 9.09. The minimum Gasteiger partial charge on any atom is -0.486 e. The lowest BCUT2D eigenvalue weighted by Crippen LogP contribution is -2.41. The molecule has 0 aliphatic carbocycles. The fourth-order valence-electron chi connectivity index (χ4n) is 2.75. The van der Waals surface area contributed by atoms with Gasteiger partial charge in [0.05, 0.1) is 18.6 Å². The molecule has 3 aromatic rings. The number of nitrogens with zero attached hydrogens (tertiary/aromatic N) is 3. The number of para-hydroxylation sites is 2. The molecule has 1 unspecified atom stereocenters. The number of hydrogen-bond donors (Lipinski definition) is 2. The van der Waals surface area contributed by atoms with Gasteiger partial charge in [0, 0.05) is 26.0 Å². The molecule has 29 heavy (non-hydrogen) atoms. The maximum Gasteiger partial charge on any atom is 0.191 e. The molecular weight excluding hydrogens is 484 g/mol. The second kappa shape index (κ2) is 11.4. The average molecular weight is 509 g/mol. The lowest BCUT2D eigenvalue weighted by molar-refractivity contribution is 0.214. The van der Waals surface area contributed by atoms with Crippen LogP contribution in [-0.4, -0.2) is 35.2 Å². The van der Waals surface area contributed by atoms with Crippen molar-refractivity contribution in [1.29, 1.82) is 0 Å².